The highest BCUT2D eigenvalue weighted by Crippen LogP contribution is 2.62. The van der Waals surface area contributed by atoms with E-state index in [0.717, 1.165) is 13.0 Å². The molecule has 1 saturated heterocycles. The van der Waals surface area contributed by atoms with Gasteiger partial charge in [0.25, 0.3) is 0 Å². The van der Waals surface area contributed by atoms with Crippen LogP contribution in [0.2, 0.25) is 0 Å². The highest BCUT2D eigenvalue weighted by atomic mass is 19.3. The van der Waals surface area contributed by atoms with Crippen molar-refractivity contribution in [2.24, 2.45) is 11.3 Å². The number of alkyl halides is 2. The van der Waals surface area contributed by atoms with Gasteiger partial charge in [-0.25, -0.2) is 0 Å². The van der Waals surface area contributed by atoms with E-state index in [1.807, 2.05) is 0 Å². The van der Waals surface area contributed by atoms with Crippen molar-refractivity contribution >= 4 is 0 Å². The zero-order valence-corrected chi connectivity index (χ0v) is 13.5. The minimum absolute atomic E-state index is 0.104. The van der Waals surface area contributed by atoms with Crippen molar-refractivity contribution in [3.05, 3.63) is 29.8 Å². The van der Waals surface area contributed by atoms with Crippen LogP contribution >= 0.6 is 0 Å². The van der Waals surface area contributed by atoms with Gasteiger partial charge >= 0.3 is 6.61 Å². The molecule has 4 rings (SSSR count). The topological polar surface area (TPSA) is 50.7 Å². The SMILES string of the molecule is OC(CNC1C2CCOC2C12CCC2)c1ccc(OC(F)F)cc1. The number of nitrogens with one attached hydrogen (secondary N) is 1. The molecule has 2 saturated carbocycles. The first-order valence-corrected chi connectivity index (χ1v) is 8.68. The van der Waals surface area contributed by atoms with E-state index in [1.165, 1.54) is 31.4 Å². The Morgan fingerprint density at radius 2 is 2.04 bits per heavy atom. The molecule has 2 aliphatic carbocycles. The van der Waals surface area contributed by atoms with Crippen molar-refractivity contribution in [3.8, 4) is 5.75 Å². The van der Waals surface area contributed by atoms with Crippen LogP contribution in [0, 0.1) is 11.3 Å². The van der Waals surface area contributed by atoms with Crippen LogP contribution in [0.15, 0.2) is 24.3 Å². The lowest BCUT2D eigenvalue weighted by Crippen LogP contribution is -2.71. The molecule has 2 N–H and O–H groups in total. The van der Waals surface area contributed by atoms with Gasteiger partial charge in [0.15, 0.2) is 0 Å². The first-order valence-electron chi connectivity index (χ1n) is 8.68. The average Bonchev–Trinajstić information content (AvgIpc) is 2.91. The van der Waals surface area contributed by atoms with Gasteiger partial charge in [0.1, 0.15) is 5.75 Å². The third-order valence-electron chi connectivity index (χ3n) is 6.06. The largest absolute Gasteiger partial charge is 0.435 e. The summed E-state index contributed by atoms with van der Waals surface area (Å²) in [5, 5.41) is 13.9. The normalized spacial score (nSPS) is 31.4. The van der Waals surface area contributed by atoms with Crippen LogP contribution in [0.5, 0.6) is 5.75 Å². The lowest BCUT2D eigenvalue weighted by molar-refractivity contribution is -0.177. The summed E-state index contributed by atoms with van der Waals surface area (Å²) >= 11 is 0. The summed E-state index contributed by atoms with van der Waals surface area (Å²) in [6.07, 6.45) is 4.53. The van der Waals surface area contributed by atoms with E-state index in [-0.39, 0.29) is 11.2 Å². The maximum atomic E-state index is 12.2. The smallest absolute Gasteiger partial charge is 0.387 e. The van der Waals surface area contributed by atoms with Crippen molar-refractivity contribution in [1.82, 2.24) is 5.32 Å². The van der Waals surface area contributed by atoms with Crippen LogP contribution in [-0.2, 0) is 4.74 Å². The molecule has 1 aliphatic heterocycles. The first-order chi connectivity index (χ1) is 11.6. The van der Waals surface area contributed by atoms with Crippen LogP contribution in [0.1, 0.15) is 37.4 Å². The van der Waals surface area contributed by atoms with Gasteiger partial charge in [0.2, 0.25) is 0 Å². The van der Waals surface area contributed by atoms with Crippen molar-refractivity contribution in [2.45, 2.75) is 50.5 Å². The lowest BCUT2D eigenvalue weighted by Gasteiger charge is -2.63. The Hall–Kier alpha value is -1.24. The molecule has 6 heteroatoms. The molecule has 132 valence electrons. The van der Waals surface area contributed by atoms with Crippen molar-refractivity contribution in [3.63, 3.8) is 0 Å². The molecule has 3 aliphatic rings. The molecule has 4 unspecified atom stereocenters. The molecular formula is C18H23F2NO3. The monoisotopic (exact) mass is 339 g/mol. The molecule has 0 bridgehead atoms. The van der Waals surface area contributed by atoms with Gasteiger partial charge in [0, 0.05) is 30.5 Å². The summed E-state index contributed by atoms with van der Waals surface area (Å²) in [7, 11) is 0. The molecule has 0 radical (unpaired) electrons. The van der Waals surface area contributed by atoms with Gasteiger partial charge in [-0.2, -0.15) is 8.78 Å². The third-order valence-corrected chi connectivity index (χ3v) is 6.06. The number of halogens is 2. The summed E-state index contributed by atoms with van der Waals surface area (Å²) in [6.45, 7) is -1.52. The summed E-state index contributed by atoms with van der Waals surface area (Å²) < 4.78 is 34.5. The number of hydrogen-bond acceptors (Lipinski definition) is 4. The standard InChI is InChI=1S/C18H23F2NO3/c19-17(20)24-12-4-2-11(3-5-12)14(22)10-21-15-13-6-9-23-16(13)18(15)7-1-8-18/h2-5,13-17,21-22H,1,6-10H2. The van der Waals surface area contributed by atoms with Gasteiger partial charge in [-0.3, -0.25) is 0 Å². The van der Waals surface area contributed by atoms with E-state index in [9.17, 15) is 13.9 Å². The number of ether oxygens (including phenoxy) is 2. The molecular weight excluding hydrogens is 316 g/mol. The fraction of sp³-hybridized carbons (Fsp3) is 0.667. The number of fused-ring (bicyclic) bond motifs is 2. The molecule has 1 aromatic rings. The molecule has 3 fully saturated rings. The van der Waals surface area contributed by atoms with E-state index < -0.39 is 12.7 Å². The summed E-state index contributed by atoms with van der Waals surface area (Å²) in [5.74, 6) is 0.673. The van der Waals surface area contributed by atoms with Gasteiger partial charge in [-0.15, -0.1) is 0 Å². The van der Waals surface area contributed by atoms with Gasteiger partial charge in [0.05, 0.1) is 12.2 Å². The average molecular weight is 339 g/mol. The van der Waals surface area contributed by atoms with Crippen molar-refractivity contribution < 1.29 is 23.4 Å². The molecule has 1 heterocycles. The fourth-order valence-corrected chi connectivity index (χ4v) is 4.79. The Morgan fingerprint density at radius 1 is 1.29 bits per heavy atom. The van der Waals surface area contributed by atoms with Crippen LogP contribution in [0.3, 0.4) is 0 Å². The molecule has 4 nitrogen and oxygen atoms in total. The third kappa shape index (κ3) is 2.61. The van der Waals surface area contributed by atoms with E-state index in [2.05, 4.69) is 10.1 Å². The van der Waals surface area contributed by atoms with Crippen LogP contribution < -0.4 is 10.1 Å². The predicted octanol–water partition coefficient (Wildman–Crippen LogP) is 2.87. The fourth-order valence-electron chi connectivity index (χ4n) is 4.79. The summed E-state index contributed by atoms with van der Waals surface area (Å²) in [5.41, 5.74) is 0.987. The maximum Gasteiger partial charge on any atom is 0.387 e. The van der Waals surface area contributed by atoms with Gasteiger partial charge in [-0.1, -0.05) is 18.6 Å². The van der Waals surface area contributed by atoms with E-state index in [1.54, 1.807) is 12.1 Å². The quantitative estimate of drug-likeness (QED) is 0.837. The van der Waals surface area contributed by atoms with Crippen LogP contribution in [-0.4, -0.2) is 37.0 Å². The maximum absolute atomic E-state index is 12.2. The molecule has 24 heavy (non-hydrogen) atoms. The Morgan fingerprint density at radius 3 is 2.67 bits per heavy atom. The van der Waals surface area contributed by atoms with E-state index in [4.69, 9.17) is 4.74 Å². The zero-order valence-electron chi connectivity index (χ0n) is 13.5. The highest BCUT2D eigenvalue weighted by molar-refractivity contribution is 5.29. The van der Waals surface area contributed by atoms with Gasteiger partial charge < -0.3 is 19.9 Å². The minimum atomic E-state index is -2.83. The number of hydrogen-bond donors (Lipinski definition) is 2. The summed E-state index contributed by atoms with van der Waals surface area (Å²) in [4.78, 5) is 0. The Labute approximate surface area is 140 Å². The zero-order chi connectivity index (χ0) is 16.7. The van der Waals surface area contributed by atoms with Gasteiger partial charge in [-0.05, 0) is 37.0 Å². The Kier molecular flexibility index (Phi) is 4.22. The van der Waals surface area contributed by atoms with Crippen molar-refractivity contribution in [2.75, 3.05) is 13.2 Å². The van der Waals surface area contributed by atoms with Crippen LogP contribution in [0.4, 0.5) is 8.78 Å². The molecule has 4 atom stereocenters. The predicted molar refractivity (Wildman–Crippen MR) is 84.0 cm³/mol. The van der Waals surface area contributed by atoms with Crippen LogP contribution in [0.25, 0.3) is 0 Å². The lowest BCUT2D eigenvalue weighted by atomic mass is 9.46. The van der Waals surface area contributed by atoms with Crippen molar-refractivity contribution in [1.29, 1.82) is 0 Å². The second kappa shape index (κ2) is 6.24. The van der Waals surface area contributed by atoms with E-state index >= 15 is 0 Å². The second-order valence-electron chi connectivity index (χ2n) is 7.18. The Bertz CT molecular complexity index is 576. The number of aliphatic hydroxyl groups is 1. The molecule has 0 aromatic heterocycles. The Balaban J connectivity index is 1.34. The molecule has 0 amide bonds. The number of rotatable bonds is 6. The number of benzene rings is 1. The second-order valence-corrected chi connectivity index (χ2v) is 7.18. The summed E-state index contributed by atoms with van der Waals surface area (Å²) in [6, 6.07) is 6.61. The molecule has 1 aromatic carbocycles. The minimum Gasteiger partial charge on any atom is -0.435 e. The molecule has 1 spiro atoms. The van der Waals surface area contributed by atoms with E-state index in [0.29, 0.717) is 30.2 Å². The number of aliphatic hydroxyl groups excluding tert-OH is 1. The first kappa shape index (κ1) is 16.2. The highest BCUT2D eigenvalue weighted by Gasteiger charge is 2.66.